The van der Waals surface area contributed by atoms with E-state index in [9.17, 15) is 0 Å². The van der Waals surface area contributed by atoms with Crippen LogP contribution in [0.5, 0.6) is 23.0 Å². The Labute approximate surface area is 134 Å². The first-order chi connectivity index (χ1) is 11.1. The van der Waals surface area contributed by atoms with Crippen molar-refractivity contribution in [1.29, 1.82) is 0 Å². The molecule has 0 heterocycles. The lowest BCUT2D eigenvalue weighted by Gasteiger charge is -2.12. The number of hydrogen-bond acceptors (Lipinski definition) is 7. The van der Waals surface area contributed by atoms with Crippen molar-refractivity contribution in [3.8, 4) is 23.0 Å². The molecule has 0 unspecified atom stereocenters. The highest BCUT2D eigenvalue weighted by atomic mass is 16.5. The summed E-state index contributed by atoms with van der Waals surface area (Å²) in [6.07, 6.45) is 0. The van der Waals surface area contributed by atoms with Crippen molar-refractivity contribution in [2.45, 2.75) is 0 Å². The summed E-state index contributed by atoms with van der Waals surface area (Å²) in [5.74, 6) is 2.12. The molecule has 0 amide bonds. The van der Waals surface area contributed by atoms with Gasteiger partial charge in [0.15, 0.2) is 11.5 Å². The van der Waals surface area contributed by atoms with Crippen molar-refractivity contribution >= 4 is 17.1 Å². The minimum Gasteiger partial charge on any atom is -0.495 e. The zero-order chi connectivity index (χ0) is 16.8. The van der Waals surface area contributed by atoms with Gasteiger partial charge in [0, 0.05) is 12.1 Å². The average Bonchev–Trinajstić information content (AvgIpc) is 2.58. The maximum absolute atomic E-state index is 5.85. The molecule has 0 radical (unpaired) electrons. The van der Waals surface area contributed by atoms with Crippen LogP contribution in [0.3, 0.4) is 0 Å². The van der Waals surface area contributed by atoms with Crippen LogP contribution in [0.4, 0.5) is 17.1 Å². The summed E-state index contributed by atoms with van der Waals surface area (Å²) in [6.45, 7) is 0. The van der Waals surface area contributed by atoms with Gasteiger partial charge < -0.3 is 24.7 Å². The fraction of sp³-hybridized carbons (Fsp3) is 0.250. The van der Waals surface area contributed by atoms with Crippen LogP contribution >= 0.6 is 0 Å². The standard InChI is InChI=1S/C16H19N3O4/c1-20-13-6-5-10(7-12(13)17)18-19-11-8-14(21-2)16(23-4)15(9-11)22-3/h5-9H,17H2,1-4H3. The van der Waals surface area contributed by atoms with Gasteiger partial charge in [-0.2, -0.15) is 10.2 Å². The normalized spacial score (nSPS) is 10.6. The summed E-state index contributed by atoms with van der Waals surface area (Å²) in [5, 5.41) is 8.34. The van der Waals surface area contributed by atoms with Crippen LogP contribution in [-0.4, -0.2) is 28.4 Å². The molecule has 0 aliphatic heterocycles. The minimum absolute atomic E-state index is 0.494. The zero-order valence-corrected chi connectivity index (χ0v) is 13.5. The van der Waals surface area contributed by atoms with Gasteiger partial charge in [-0.15, -0.1) is 0 Å². The van der Waals surface area contributed by atoms with Gasteiger partial charge in [-0.05, 0) is 18.2 Å². The molecule has 7 heteroatoms. The lowest BCUT2D eigenvalue weighted by molar-refractivity contribution is 0.324. The van der Waals surface area contributed by atoms with Crippen LogP contribution in [0.2, 0.25) is 0 Å². The Morgan fingerprint density at radius 2 is 1.26 bits per heavy atom. The molecular formula is C16H19N3O4. The monoisotopic (exact) mass is 317 g/mol. The van der Waals surface area contributed by atoms with Gasteiger partial charge >= 0.3 is 0 Å². The third kappa shape index (κ3) is 3.63. The van der Waals surface area contributed by atoms with Gasteiger partial charge in [0.25, 0.3) is 0 Å². The van der Waals surface area contributed by atoms with Gasteiger partial charge in [-0.25, -0.2) is 0 Å². The molecule has 122 valence electrons. The number of nitrogens with two attached hydrogens (primary N) is 1. The van der Waals surface area contributed by atoms with Crippen LogP contribution in [-0.2, 0) is 0 Å². The highest BCUT2D eigenvalue weighted by Gasteiger charge is 2.13. The lowest BCUT2D eigenvalue weighted by atomic mass is 10.2. The summed E-state index contributed by atoms with van der Waals surface area (Å²) < 4.78 is 20.9. The zero-order valence-electron chi connectivity index (χ0n) is 13.5. The predicted molar refractivity (Wildman–Crippen MR) is 87.7 cm³/mol. The molecular weight excluding hydrogens is 298 g/mol. The summed E-state index contributed by atoms with van der Waals surface area (Å²) in [6, 6.07) is 8.59. The van der Waals surface area contributed by atoms with Gasteiger partial charge in [0.1, 0.15) is 5.75 Å². The third-order valence-corrected chi connectivity index (χ3v) is 3.14. The maximum Gasteiger partial charge on any atom is 0.203 e. The number of methoxy groups -OCH3 is 4. The second kappa shape index (κ2) is 7.35. The molecule has 0 bridgehead atoms. The Kier molecular flexibility index (Phi) is 5.24. The van der Waals surface area contributed by atoms with E-state index >= 15 is 0 Å². The molecule has 0 atom stereocenters. The van der Waals surface area contributed by atoms with Crippen molar-refractivity contribution in [3.63, 3.8) is 0 Å². The van der Waals surface area contributed by atoms with Crippen LogP contribution in [0.15, 0.2) is 40.6 Å². The molecule has 2 N–H and O–H groups in total. The Balaban J connectivity index is 2.34. The Bertz CT molecular complexity index is 691. The SMILES string of the molecule is COc1ccc(N=Nc2cc(OC)c(OC)c(OC)c2)cc1N. The van der Waals surface area contributed by atoms with E-state index in [-0.39, 0.29) is 0 Å². The molecule has 0 aromatic heterocycles. The molecule has 0 spiro atoms. The van der Waals surface area contributed by atoms with Crippen molar-refractivity contribution in [3.05, 3.63) is 30.3 Å². The quantitative estimate of drug-likeness (QED) is 0.648. The maximum atomic E-state index is 5.85. The number of benzene rings is 2. The molecule has 2 rings (SSSR count). The van der Waals surface area contributed by atoms with Crippen LogP contribution in [0.1, 0.15) is 0 Å². The topological polar surface area (TPSA) is 87.7 Å². The summed E-state index contributed by atoms with van der Waals surface area (Å²) in [4.78, 5) is 0. The fourth-order valence-corrected chi connectivity index (χ4v) is 2.02. The van der Waals surface area contributed by atoms with E-state index < -0.39 is 0 Å². The number of anilines is 1. The van der Waals surface area contributed by atoms with E-state index in [2.05, 4.69) is 10.2 Å². The average molecular weight is 317 g/mol. The Morgan fingerprint density at radius 1 is 0.696 bits per heavy atom. The molecule has 7 nitrogen and oxygen atoms in total. The molecule has 0 fully saturated rings. The largest absolute Gasteiger partial charge is 0.495 e. The van der Waals surface area contributed by atoms with Crippen LogP contribution < -0.4 is 24.7 Å². The first-order valence-electron chi connectivity index (χ1n) is 6.78. The van der Waals surface area contributed by atoms with Gasteiger partial charge in [-0.3, -0.25) is 0 Å². The number of azo groups is 1. The highest BCUT2D eigenvalue weighted by molar-refractivity contribution is 5.62. The molecule has 0 saturated heterocycles. The number of nitrogens with zero attached hydrogens (tertiary/aromatic N) is 2. The molecule has 0 saturated carbocycles. The van der Waals surface area contributed by atoms with Crippen molar-refractivity contribution in [1.82, 2.24) is 0 Å². The highest BCUT2D eigenvalue weighted by Crippen LogP contribution is 2.41. The van der Waals surface area contributed by atoms with Crippen molar-refractivity contribution in [2.75, 3.05) is 34.2 Å². The summed E-state index contributed by atoms with van der Waals surface area (Å²) in [7, 11) is 6.19. The van der Waals surface area contributed by atoms with E-state index in [4.69, 9.17) is 24.7 Å². The molecule has 0 aliphatic rings. The van der Waals surface area contributed by atoms with Gasteiger partial charge in [0.05, 0.1) is 45.5 Å². The smallest absolute Gasteiger partial charge is 0.203 e. The molecule has 2 aromatic rings. The molecule has 23 heavy (non-hydrogen) atoms. The first kappa shape index (κ1) is 16.4. The number of ether oxygens (including phenoxy) is 4. The second-order valence-electron chi connectivity index (χ2n) is 4.51. The summed E-state index contributed by atoms with van der Waals surface area (Å²) >= 11 is 0. The number of rotatable bonds is 6. The molecule has 0 aliphatic carbocycles. The number of nitrogen functional groups attached to an aromatic ring is 1. The van der Waals surface area contributed by atoms with E-state index in [0.717, 1.165) is 0 Å². The van der Waals surface area contributed by atoms with Crippen molar-refractivity contribution < 1.29 is 18.9 Å². The first-order valence-corrected chi connectivity index (χ1v) is 6.78. The third-order valence-electron chi connectivity index (χ3n) is 3.14. The number of hydrogen-bond donors (Lipinski definition) is 1. The van der Waals surface area contributed by atoms with Gasteiger partial charge in [0.2, 0.25) is 5.75 Å². The second-order valence-corrected chi connectivity index (χ2v) is 4.51. The van der Waals surface area contributed by atoms with E-state index in [1.807, 2.05) is 0 Å². The van der Waals surface area contributed by atoms with E-state index in [0.29, 0.717) is 40.1 Å². The van der Waals surface area contributed by atoms with Crippen LogP contribution in [0.25, 0.3) is 0 Å². The lowest BCUT2D eigenvalue weighted by Crippen LogP contribution is -1.94. The Hall–Kier alpha value is -2.96. The summed E-state index contributed by atoms with van der Waals surface area (Å²) in [5.41, 5.74) is 7.51. The predicted octanol–water partition coefficient (Wildman–Crippen LogP) is 3.72. The Morgan fingerprint density at radius 3 is 1.74 bits per heavy atom. The van der Waals surface area contributed by atoms with Gasteiger partial charge in [-0.1, -0.05) is 0 Å². The molecule has 2 aromatic carbocycles. The van der Waals surface area contributed by atoms with E-state index in [1.165, 1.54) is 0 Å². The van der Waals surface area contributed by atoms with E-state index in [1.54, 1.807) is 58.8 Å². The fourth-order valence-electron chi connectivity index (χ4n) is 2.02. The minimum atomic E-state index is 0.494. The van der Waals surface area contributed by atoms with Crippen LogP contribution in [0, 0.1) is 0 Å². The van der Waals surface area contributed by atoms with Crippen molar-refractivity contribution in [2.24, 2.45) is 10.2 Å².